The van der Waals surface area contributed by atoms with Crippen LogP contribution in [0.3, 0.4) is 0 Å². The van der Waals surface area contributed by atoms with Gasteiger partial charge in [-0.05, 0) is 43.4 Å². The van der Waals surface area contributed by atoms with E-state index in [1.165, 1.54) is 37.8 Å². The Kier molecular flexibility index (Phi) is 10.6. The minimum absolute atomic E-state index is 0.0232. The zero-order chi connectivity index (χ0) is 19.4. The summed E-state index contributed by atoms with van der Waals surface area (Å²) in [5.74, 6) is -0.224. The molecule has 0 radical (unpaired) electrons. The molecule has 1 aliphatic carbocycles. The van der Waals surface area contributed by atoms with E-state index in [9.17, 15) is 9.59 Å². The molecule has 0 bridgehead atoms. The summed E-state index contributed by atoms with van der Waals surface area (Å²) in [5, 5.41) is 0. The van der Waals surface area contributed by atoms with Crippen LogP contribution in [-0.4, -0.2) is 24.6 Å². The van der Waals surface area contributed by atoms with Crippen molar-refractivity contribution in [2.75, 3.05) is 6.61 Å². The molecule has 1 rings (SSSR count). The Morgan fingerprint density at radius 3 is 2.08 bits per heavy atom. The predicted molar refractivity (Wildman–Crippen MR) is 105 cm³/mol. The van der Waals surface area contributed by atoms with Crippen molar-refractivity contribution in [2.45, 2.75) is 98.0 Å². The van der Waals surface area contributed by atoms with Gasteiger partial charge in [0.05, 0.1) is 6.61 Å². The summed E-state index contributed by atoms with van der Waals surface area (Å²) in [5.41, 5.74) is 0.314. The Labute approximate surface area is 159 Å². The van der Waals surface area contributed by atoms with Gasteiger partial charge in [0.15, 0.2) is 0 Å². The molecule has 26 heavy (non-hydrogen) atoms. The average Bonchev–Trinajstić information content (AvgIpc) is 2.59. The highest BCUT2D eigenvalue weighted by molar-refractivity contribution is 5.91. The number of hydrogen-bond acceptors (Lipinski definition) is 4. The lowest BCUT2D eigenvalue weighted by Crippen LogP contribution is -2.30. The molecule has 0 amide bonds. The first-order valence-electron chi connectivity index (χ1n) is 10.4. The van der Waals surface area contributed by atoms with Crippen LogP contribution in [0.1, 0.15) is 91.9 Å². The molecule has 0 aliphatic heterocycles. The molecular formula is C22H38O4. The standard InChI is InChI=1S/C22H38O4/c1-5-6-7-8-9-10-17-25-20(23)15-16-21(24)26-19-13-11-18(12-14-19)22(2,3)4/h15-16,18-19H,5-14,17H2,1-4H3/b16-15+. The van der Waals surface area contributed by atoms with Crippen molar-refractivity contribution in [3.8, 4) is 0 Å². The fourth-order valence-electron chi connectivity index (χ4n) is 3.49. The van der Waals surface area contributed by atoms with E-state index in [2.05, 4.69) is 27.7 Å². The van der Waals surface area contributed by atoms with Crippen molar-refractivity contribution >= 4 is 11.9 Å². The van der Waals surface area contributed by atoms with Crippen LogP contribution < -0.4 is 0 Å². The molecule has 4 nitrogen and oxygen atoms in total. The van der Waals surface area contributed by atoms with Crippen molar-refractivity contribution < 1.29 is 19.1 Å². The molecule has 0 unspecified atom stereocenters. The van der Waals surface area contributed by atoms with E-state index < -0.39 is 11.9 Å². The molecule has 0 heterocycles. The molecule has 0 saturated heterocycles. The van der Waals surface area contributed by atoms with Crippen LogP contribution in [0.25, 0.3) is 0 Å². The first-order valence-corrected chi connectivity index (χ1v) is 10.4. The lowest BCUT2D eigenvalue weighted by molar-refractivity contribution is -0.146. The molecule has 0 N–H and O–H groups in total. The van der Waals surface area contributed by atoms with Gasteiger partial charge in [-0.15, -0.1) is 0 Å². The Morgan fingerprint density at radius 2 is 1.46 bits per heavy atom. The summed E-state index contributed by atoms with van der Waals surface area (Å²) in [4.78, 5) is 23.5. The summed E-state index contributed by atoms with van der Waals surface area (Å²) < 4.78 is 10.6. The molecule has 0 spiro atoms. The lowest BCUT2D eigenvalue weighted by Gasteiger charge is -2.36. The minimum atomic E-state index is -0.466. The van der Waals surface area contributed by atoms with Crippen LogP contribution in [0.2, 0.25) is 0 Å². The molecule has 4 heteroatoms. The van der Waals surface area contributed by atoms with E-state index in [1.807, 2.05) is 0 Å². The van der Waals surface area contributed by atoms with Crippen LogP contribution in [0, 0.1) is 11.3 Å². The molecule has 0 aromatic carbocycles. The number of carbonyl (C=O) groups excluding carboxylic acids is 2. The molecule has 1 fully saturated rings. The summed E-state index contributed by atoms with van der Waals surface area (Å²) in [7, 11) is 0. The average molecular weight is 367 g/mol. The van der Waals surface area contributed by atoms with Crippen molar-refractivity contribution in [3.05, 3.63) is 12.2 Å². The molecule has 1 saturated carbocycles. The third-order valence-electron chi connectivity index (χ3n) is 5.28. The van der Waals surface area contributed by atoms with E-state index >= 15 is 0 Å². The van der Waals surface area contributed by atoms with Gasteiger partial charge in [0, 0.05) is 12.2 Å². The van der Waals surface area contributed by atoms with Gasteiger partial charge in [-0.3, -0.25) is 0 Å². The van der Waals surface area contributed by atoms with Gasteiger partial charge in [-0.2, -0.15) is 0 Å². The lowest BCUT2D eigenvalue weighted by atomic mass is 9.72. The third kappa shape index (κ3) is 9.98. The zero-order valence-corrected chi connectivity index (χ0v) is 17.2. The quantitative estimate of drug-likeness (QED) is 0.287. The van der Waals surface area contributed by atoms with Crippen molar-refractivity contribution in [1.29, 1.82) is 0 Å². The second kappa shape index (κ2) is 12.1. The Morgan fingerprint density at radius 1 is 0.885 bits per heavy atom. The number of unbranched alkanes of at least 4 members (excludes halogenated alkanes) is 5. The fourth-order valence-corrected chi connectivity index (χ4v) is 3.49. The van der Waals surface area contributed by atoms with Crippen molar-refractivity contribution in [3.63, 3.8) is 0 Å². The van der Waals surface area contributed by atoms with Gasteiger partial charge in [-0.1, -0.05) is 59.8 Å². The first kappa shape index (κ1) is 22.7. The monoisotopic (exact) mass is 366 g/mol. The zero-order valence-electron chi connectivity index (χ0n) is 17.2. The summed E-state index contributed by atoms with van der Waals surface area (Å²) in [6.07, 6.45) is 13.2. The Hall–Kier alpha value is -1.32. The predicted octanol–water partition coefficient (Wildman–Crippen LogP) is 5.59. The van der Waals surface area contributed by atoms with E-state index in [0.717, 1.165) is 38.5 Å². The molecular weight excluding hydrogens is 328 g/mol. The maximum absolute atomic E-state index is 11.9. The maximum Gasteiger partial charge on any atom is 0.331 e. The normalized spacial score (nSPS) is 20.9. The van der Waals surface area contributed by atoms with Gasteiger partial charge in [0.2, 0.25) is 0 Å². The number of hydrogen-bond donors (Lipinski definition) is 0. The molecule has 0 aromatic rings. The summed E-state index contributed by atoms with van der Waals surface area (Å²) in [6, 6.07) is 0. The van der Waals surface area contributed by atoms with E-state index in [0.29, 0.717) is 17.9 Å². The number of ether oxygens (including phenoxy) is 2. The summed E-state index contributed by atoms with van der Waals surface area (Å²) >= 11 is 0. The van der Waals surface area contributed by atoms with Crippen LogP contribution in [0.4, 0.5) is 0 Å². The second-order valence-electron chi connectivity index (χ2n) is 8.55. The third-order valence-corrected chi connectivity index (χ3v) is 5.28. The number of esters is 2. The van der Waals surface area contributed by atoms with Crippen LogP contribution in [-0.2, 0) is 19.1 Å². The van der Waals surface area contributed by atoms with E-state index in [-0.39, 0.29) is 6.10 Å². The molecule has 0 atom stereocenters. The summed E-state index contributed by atoms with van der Waals surface area (Å²) in [6.45, 7) is 9.41. The Bertz CT molecular complexity index is 440. The largest absolute Gasteiger partial charge is 0.463 e. The van der Waals surface area contributed by atoms with Crippen molar-refractivity contribution in [1.82, 2.24) is 0 Å². The topological polar surface area (TPSA) is 52.6 Å². The highest BCUT2D eigenvalue weighted by Crippen LogP contribution is 2.38. The van der Waals surface area contributed by atoms with Crippen LogP contribution >= 0.6 is 0 Å². The highest BCUT2D eigenvalue weighted by atomic mass is 16.5. The van der Waals surface area contributed by atoms with Crippen LogP contribution in [0.15, 0.2) is 12.2 Å². The van der Waals surface area contributed by atoms with Gasteiger partial charge >= 0.3 is 11.9 Å². The van der Waals surface area contributed by atoms with Crippen LogP contribution in [0.5, 0.6) is 0 Å². The van der Waals surface area contributed by atoms with Crippen molar-refractivity contribution in [2.24, 2.45) is 11.3 Å². The SMILES string of the molecule is CCCCCCCCOC(=O)/C=C/C(=O)OC1CCC(C(C)(C)C)CC1. The van der Waals surface area contributed by atoms with Gasteiger partial charge in [0.25, 0.3) is 0 Å². The number of rotatable bonds is 10. The minimum Gasteiger partial charge on any atom is -0.463 e. The molecule has 0 aromatic heterocycles. The smallest absolute Gasteiger partial charge is 0.331 e. The van der Waals surface area contributed by atoms with Gasteiger partial charge in [-0.25, -0.2) is 9.59 Å². The molecule has 1 aliphatic rings. The van der Waals surface area contributed by atoms with E-state index in [1.54, 1.807) is 0 Å². The second-order valence-corrected chi connectivity index (χ2v) is 8.55. The highest BCUT2D eigenvalue weighted by Gasteiger charge is 2.30. The first-order chi connectivity index (χ1) is 12.3. The molecule has 150 valence electrons. The maximum atomic E-state index is 11.9. The number of carbonyl (C=O) groups is 2. The van der Waals surface area contributed by atoms with Gasteiger partial charge in [0.1, 0.15) is 6.10 Å². The van der Waals surface area contributed by atoms with E-state index in [4.69, 9.17) is 9.47 Å². The van der Waals surface area contributed by atoms with Gasteiger partial charge < -0.3 is 9.47 Å². The Balaban J connectivity index is 2.14. The fraction of sp³-hybridized carbons (Fsp3) is 0.818.